The number of hydrogen-bond acceptors (Lipinski definition) is 6. The molecular formula is C23H22F5N5O3. The highest BCUT2D eigenvalue weighted by Crippen LogP contribution is 2.47. The monoisotopic (exact) mass is 511 g/mol. The quantitative estimate of drug-likeness (QED) is 0.505. The standard InChI is InChI=1S/C23H22F5N5O3/c1-32-9-8-30-20(32)15-10-13(6-7-29-15)31-21(34)17-11-22(36-3,23(26,27)28)12-33(17)16-5-4-14(24)18(25)19(16)35-2/h4-10,17H,11-12H2,1-3H3,(H,29,31,34). The third-order valence-corrected chi connectivity index (χ3v) is 6.16. The molecule has 0 aliphatic carbocycles. The summed E-state index contributed by atoms with van der Waals surface area (Å²) in [6, 6.07) is 3.34. The van der Waals surface area contributed by atoms with Crippen LogP contribution >= 0.6 is 0 Å². The number of carbonyl (C=O) groups is 1. The van der Waals surface area contributed by atoms with E-state index >= 15 is 0 Å². The van der Waals surface area contributed by atoms with Crippen molar-refractivity contribution in [1.29, 1.82) is 0 Å². The molecule has 2 aromatic heterocycles. The number of rotatable bonds is 6. The number of amides is 1. The van der Waals surface area contributed by atoms with Crippen LogP contribution in [0.3, 0.4) is 0 Å². The summed E-state index contributed by atoms with van der Waals surface area (Å²) < 4.78 is 82.0. The van der Waals surface area contributed by atoms with Gasteiger partial charge < -0.3 is 24.3 Å². The topological polar surface area (TPSA) is 81.5 Å². The average Bonchev–Trinajstić information content (AvgIpc) is 3.45. The van der Waals surface area contributed by atoms with E-state index in [0.717, 1.165) is 31.3 Å². The van der Waals surface area contributed by atoms with Gasteiger partial charge >= 0.3 is 6.18 Å². The van der Waals surface area contributed by atoms with E-state index < -0.39 is 54.1 Å². The van der Waals surface area contributed by atoms with Crippen LogP contribution in [0, 0.1) is 11.6 Å². The number of carbonyl (C=O) groups excluding carboxylic acids is 1. The summed E-state index contributed by atoms with van der Waals surface area (Å²) in [5, 5.41) is 2.59. The number of nitrogens with one attached hydrogen (secondary N) is 1. The summed E-state index contributed by atoms with van der Waals surface area (Å²) in [5.41, 5.74) is -2.27. The Hall–Kier alpha value is -3.74. The van der Waals surface area contributed by atoms with Crippen molar-refractivity contribution in [3.63, 3.8) is 0 Å². The maximum Gasteiger partial charge on any atom is 0.419 e. The number of anilines is 2. The second kappa shape index (κ2) is 9.37. The lowest BCUT2D eigenvalue weighted by Crippen LogP contribution is -2.49. The van der Waals surface area contributed by atoms with Crippen LogP contribution in [0.4, 0.5) is 33.3 Å². The fourth-order valence-corrected chi connectivity index (χ4v) is 4.24. The molecule has 36 heavy (non-hydrogen) atoms. The van der Waals surface area contributed by atoms with E-state index in [2.05, 4.69) is 15.3 Å². The first-order valence-electron chi connectivity index (χ1n) is 10.7. The second-order valence-corrected chi connectivity index (χ2v) is 8.24. The highest BCUT2D eigenvalue weighted by atomic mass is 19.4. The van der Waals surface area contributed by atoms with Crippen molar-refractivity contribution in [2.45, 2.75) is 24.2 Å². The minimum Gasteiger partial charge on any atom is -0.491 e. The van der Waals surface area contributed by atoms with Gasteiger partial charge in [-0.05, 0) is 24.3 Å². The lowest BCUT2D eigenvalue weighted by Gasteiger charge is -2.31. The van der Waals surface area contributed by atoms with Crippen LogP contribution in [0.5, 0.6) is 5.75 Å². The van der Waals surface area contributed by atoms with Crippen LogP contribution in [0.15, 0.2) is 42.9 Å². The van der Waals surface area contributed by atoms with Crippen molar-refractivity contribution in [2.75, 3.05) is 31.0 Å². The molecule has 192 valence electrons. The van der Waals surface area contributed by atoms with Crippen molar-refractivity contribution in [3.8, 4) is 17.3 Å². The van der Waals surface area contributed by atoms with Crippen LogP contribution < -0.4 is 15.0 Å². The van der Waals surface area contributed by atoms with Crippen molar-refractivity contribution < 1.29 is 36.2 Å². The highest BCUT2D eigenvalue weighted by molar-refractivity contribution is 5.98. The third-order valence-electron chi connectivity index (χ3n) is 6.16. The fourth-order valence-electron chi connectivity index (χ4n) is 4.24. The summed E-state index contributed by atoms with van der Waals surface area (Å²) in [6.45, 7) is -0.846. The summed E-state index contributed by atoms with van der Waals surface area (Å²) in [5.74, 6) is -3.56. The molecule has 1 N–H and O–H groups in total. The van der Waals surface area contributed by atoms with Gasteiger partial charge in [-0.3, -0.25) is 9.78 Å². The van der Waals surface area contributed by atoms with Crippen molar-refractivity contribution in [2.24, 2.45) is 7.05 Å². The molecule has 0 spiro atoms. The third kappa shape index (κ3) is 4.34. The minimum atomic E-state index is -4.86. The number of methoxy groups -OCH3 is 2. The predicted molar refractivity (Wildman–Crippen MR) is 120 cm³/mol. The van der Waals surface area contributed by atoms with Crippen LogP contribution in [0.1, 0.15) is 6.42 Å². The van der Waals surface area contributed by atoms with Gasteiger partial charge in [0.15, 0.2) is 23.0 Å². The number of hydrogen-bond donors (Lipinski definition) is 1. The largest absolute Gasteiger partial charge is 0.491 e. The molecule has 1 aliphatic rings. The van der Waals surface area contributed by atoms with Gasteiger partial charge in [-0.1, -0.05) is 0 Å². The minimum absolute atomic E-state index is 0.219. The molecule has 1 amide bonds. The molecule has 1 aromatic carbocycles. The number of halogens is 5. The fraction of sp³-hybridized carbons (Fsp3) is 0.348. The molecule has 8 nitrogen and oxygen atoms in total. The van der Waals surface area contributed by atoms with E-state index in [9.17, 15) is 26.7 Å². The van der Waals surface area contributed by atoms with E-state index in [1.165, 1.54) is 18.3 Å². The maximum atomic E-state index is 14.4. The SMILES string of the molecule is COc1c(N2CC(OC)(C(F)(F)F)CC2C(=O)Nc2ccnc(-c3nccn3C)c2)ccc(F)c1F. The Kier molecular flexibility index (Phi) is 6.60. The van der Waals surface area contributed by atoms with Crippen LogP contribution in [-0.2, 0) is 16.6 Å². The molecule has 3 heterocycles. The molecule has 13 heteroatoms. The predicted octanol–water partition coefficient (Wildman–Crippen LogP) is 3.93. The number of pyridine rings is 1. The Labute approximate surface area is 202 Å². The van der Waals surface area contributed by atoms with E-state index in [-0.39, 0.29) is 11.4 Å². The summed E-state index contributed by atoms with van der Waals surface area (Å²) >= 11 is 0. The van der Waals surface area contributed by atoms with Crippen LogP contribution in [-0.4, -0.2) is 59.0 Å². The highest BCUT2D eigenvalue weighted by Gasteiger charge is 2.63. The zero-order valence-corrected chi connectivity index (χ0v) is 19.4. The Bertz CT molecular complexity index is 1280. The van der Waals surface area contributed by atoms with Crippen molar-refractivity contribution >= 4 is 17.3 Å². The Morgan fingerprint density at radius 1 is 1.17 bits per heavy atom. The second-order valence-electron chi connectivity index (χ2n) is 8.24. The first-order chi connectivity index (χ1) is 17.0. The summed E-state index contributed by atoms with van der Waals surface area (Å²) in [6.07, 6.45) is -0.967. The molecular weight excluding hydrogens is 489 g/mol. The normalized spacial score (nSPS) is 20.0. The first kappa shape index (κ1) is 25.4. The zero-order chi connectivity index (χ0) is 26.3. The lowest BCUT2D eigenvalue weighted by molar-refractivity contribution is -0.261. The molecule has 2 atom stereocenters. The zero-order valence-electron chi connectivity index (χ0n) is 19.4. The molecule has 2 unspecified atom stereocenters. The Balaban J connectivity index is 1.72. The molecule has 3 aromatic rings. The van der Waals surface area contributed by atoms with Crippen molar-refractivity contribution in [1.82, 2.24) is 14.5 Å². The molecule has 1 saturated heterocycles. The Morgan fingerprint density at radius 3 is 2.53 bits per heavy atom. The van der Waals surface area contributed by atoms with E-state index in [0.29, 0.717) is 11.5 Å². The van der Waals surface area contributed by atoms with Crippen molar-refractivity contribution in [3.05, 3.63) is 54.5 Å². The van der Waals surface area contributed by atoms with Crippen LogP contribution in [0.2, 0.25) is 0 Å². The van der Waals surface area contributed by atoms with Gasteiger partial charge in [-0.25, -0.2) is 9.37 Å². The molecule has 4 rings (SSSR count). The smallest absolute Gasteiger partial charge is 0.419 e. The van der Waals surface area contributed by atoms with E-state index in [1.807, 2.05) is 0 Å². The van der Waals surface area contributed by atoms with E-state index in [4.69, 9.17) is 9.47 Å². The van der Waals surface area contributed by atoms with Gasteiger partial charge in [-0.15, -0.1) is 0 Å². The molecule has 0 bridgehead atoms. The number of nitrogens with zero attached hydrogens (tertiary/aromatic N) is 4. The number of benzene rings is 1. The molecule has 0 saturated carbocycles. The number of imidazole rings is 1. The lowest BCUT2D eigenvalue weighted by atomic mass is 9.99. The van der Waals surface area contributed by atoms with Gasteiger partial charge in [0.2, 0.25) is 11.7 Å². The van der Waals surface area contributed by atoms with Gasteiger partial charge in [-0.2, -0.15) is 17.6 Å². The summed E-state index contributed by atoms with van der Waals surface area (Å²) in [4.78, 5) is 22.7. The maximum absolute atomic E-state index is 14.4. The first-order valence-corrected chi connectivity index (χ1v) is 10.7. The number of alkyl halides is 3. The summed E-state index contributed by atoms with van der Waals surface area (Å²) in [7, 11) is 3.69. The van der Waals surface area contributed by atoms with Gasteiger partial charge in [0.1, 0.15) is 11.7 Å². The molecule has 1 aliphatic heterocycles. The Morgan fingerprint density at radius 2 is 1.92 bits per heavy atom. The van der Waals surface area contributed by atoms with Crippen LogP contribution in [0.25, 0.3) is 11.5 Å². The average molecular weight is 511 g/mol. The number of ether oxygens (including phenoxy) is 2. The number of aryl methyl sites for hydroxylation is 1. The molecule has 1 fully saturated rings. The van der Waals surface area contributed by atoms with Gasteiger partial charge in [0, 0.05) is 44.9 Å². The van der Waals surface area contributed by atoms with E-state index in [1.54, 1.807) is 24.0 Å². The van der Waals surface area contributed by atoms with Gasteiger partial charge in [0.25, 0.3) is 0 Å². The molecule has 0 radical (unpaired) electrons. The number of aromatic nitrogens is 3. The van der Waals surface area contributed by atoms with Gasteiger partial charge in [0.05, 0.1) is 19.3 Å².